The molecule has 110 valence electrons. The molecule has 0 atom stereocenters. The van der Waals surface area contributed by atoms with E-state index in [-0.39, 0.29) is 0 Å². The van der Waals surface area contributed by atoms with Gasteiger partial charge in [0.25, 0.3) is 5.56 Å². The molecule has 0 unspecified atom stereocenters. The molecule has 1 aromatic heterocycles. The first-order valence-corrected chi connectivity index (χ1v) is 7.20. The van der Waals surface area contributed by atoms with E-state index >= 15 is 0 Å². The van der Waals surface area contributed by atoms with Crippen LogP contribution >= 0.6 is 0 Å². The Morgan fingerprint density at radius 3 is 2.80 bits per heavy atom. The first kappa shape index (κ1) is 14.8. The van der Waals surface area contributed by atoms with Crippen LogP contribution in [-0.2, 0) is 11.2 Å². The van der Waals surface area contributed by atoms with Gasteiger partial charge in [-0.3, -0.25) is 4.79 Å². The molecule has 0 bridgehead atoms. The number of hydrogen-bond acceptors (Lipinski definition) is 3. The van der Waals surface area contributed by atoms with E-state index in [4.69, 9.17) is 9.84 Å². The van der Waals surface area contributed by atoms with Gasteiger partial charge in [0.2, 0.25) is 0 Å². The SMILES string of the molecule is O=C(O)n1cccc(CCOCC2CCCCC2)c1=O. The molecule has 2 rings (SSSR count). The Morgan fingerprint density at radius 2 is 2.10 bits per heavy atom. The minimum Gasteiger partial charge on any atom is -0.464 e. The molecule has 0 spiro atoms. The molecule has 0 aromatic carbocycles. The second-order valence-corrected chi connectivity index (χ2v) is 5.32. The summed E-state index contributed by atoms with van der Waals surface area (Å²) in [7, 11) is 0. The van der Waals surface area contributed by atoms with Crippen LogP contribution in [0.4, 0.5) is 4.79 Å². The first-order chi connectivity index (χ1) is 9.68. The summed E-state index contributed by atoms with van der Waals surface area (Å²) in [6.07, 6.45) is 6.84. The number of pyridine rings is 1. The van der Waals surface area contributed by atoms with Crippen LogP contribution in [0.2, 0.25) is 0 Å². The highest BCUT2D eigenvalue weighted by Crippen LogP contribution is 2.23. The molecule has 1 N–H and O–H groups in total. The number of carbonyl (C=O) groups is 1. The lowest BCUT2D eigenvalue weighted by Crippen LogP contribution is -2.28. The van der Waals surface area contributed by atoms with Crippen molar-refractivity contribution in [2.24, 2.45) is 5.92 Å². The highest BCUT2D eigenvalue weighted by molar-refractivity contribution is 5.67. The van der Waals surface area contributed by atoms with Gasteiger partial charge in [-0.2, -0.15) is 0 Å². The van der Waals surface area contributed by atoms with Crippen molar-refractivity contribution in [1.29, 1.82) is 0 Å². The van der Waals surface area contributed by atoms with Crippen LogP contribution in [0.3, 0.4) is 0 Å². The molecule has 1 aliphatic carbocycles. The van der Waals surface area contributed by atoms with Gasteiger partial charge in [0, 0.05) is 24.8 Å². The van der Waals surface area contributed by atoms with Crippen molar-refractivity contribution in [3.8, 4) is 0 Å². The summed E-state index contributed by atoms with van der Waals surface area (Å²) in [6, 6.07) is 3.23. The summed E-state index contributed by atoms with van der Waals surface area (Å²) in [5.41, 5.74) is 0.0137. The van der Waals surface area contributed by atoms with Crippen molar-refractivity contribution >= 4 is 6.09 Å². The third-order valence-electron chi connectivity index (χ3n) is 3.83. The van der Waals surface area contributed by atoms with E-state index in [0.717, 1.165) is 6.61 Å². The van der Waals surface area contributed by atoms with Gasteiger partial charge in [-0.1, -0.05) is 25.3 Å². The van der Waals surface area contributed by atoms with E-state index in [0.29, 0.717) is 29.1 Å². The molecular formula is C15H21NO4. The van der Waals surface area contributed by atoms with E-state index in [2.05, 4.69) is 0 Å². The molecule has 0 radical (unpaired) electrons. The largest absolute Gasteiger partial charge is 0.464 e. The molecule has 0 saturated heterocycles. The van der Waals surface area contributed by atoms with E-state index in [1.165, 1.54) is 38.3 Å². The Balaban J connectivity index is 1.80. The van der Waals surface area contributed by atoms with E-state index < -0.39 is 11.7 Å². The summed E-state index contributed by atoms with van der Waals surface area (Å²) in [5, 5.41) is 8.86. The van der Waals surface area contributed by atoms with Crippen LogP contribution in [0.15, 0.2) is 23.1 Å². The lowest BCUT2D eigenvalue weighted by atomic mass is 9.90. The van der Waals surface area contributed by atoms with Crippen molar-refractivity contribution in [3.63, 3.8) is 0 Å². The van der Waals surface area contributed by atoms with Crippen molar-refractivity contribution in [2.45, 2.75) is 38.5 Å². The van der Waals surface area contributed by atoms with Crippen molar-refractivity contribution in [3.05, 3.63) is 34.2 Å². The number of hydrogen-bond donors (Lipinski definition) is 1. The second-order valence-electron chi connectivity index (χ2n) is 5.32. The molecule has 5 nitrogen and oxygen atoms in total. The summed E-state index contributed by atoms with van der Waals surface area (Å²) in [6.45, 7) is 1.22. The normalized spacial score (nSPS) is 16.2. The van der Waals surface area contributed by atoms with E-state index in [9.17, 15) is 9.59 Å². The van der Waals surface area contributed by atoms with Gasteiger partial charge >= 0.3 is 6.09 Å². The number of rotatable bonds is 5. The maximum absolute atomic E-state index is 11.8. The summed E-state index contributed by atoms with van der Waals surface area (Å²) in [4.78, 5) is 22.7. The number of ether oxygens (including phenoxy) is 1. The Bertz CT molecular complexity index is 503. The monoisotopic (exact) mass is 279 g/mol. The summed E-state index contributed by atoms with van der Waals surface area (Å²) in [5.74, 6) is 0.648. The molecule has 0 amide bonds. The molecule has 1 aromatic rings. The van der Waals surface area contributed by atoms with Gasteiger partial charge in [-0.25, -0.2) is 9.36 Å². The standard InChI is InChI=1S/C15H21NO4/c17-14-13(7-4-9-16(14)15(18)19)8-10-20-11-12-5-2-1-3-6-12/h4,7,9,12H,1-3,5-6,8,10-11H2,(H,18,19). The smallest absolute Gasteiger partial charge is 0.418 e. The fourth-order valence-electron chi connectivity index (χ4n) is 2.67. The van der Waals surface area contributed by atoms with Gasteiger partial charge in [-0.15, -0.1) is 0 Å². The van der Waals surface area contributed by atoms with Gasteiger partial charge in [0.05, 0.1) is 6.61 Å². The van der Waals surface area contributed by atoms with E-state index in [1.807, 2.05) is 0 Å². The van der Waals surface area contributed by atoms with Crippen LogP contribution in [0, 0.1) is 5.92 Å². The Kier molecular flexibility index (Phi) is 5.35. The van der Waals surface area contributed by atoms with Gasteiger partial charge in [0.1, 0.15) is 0 Å². The maximum atomic E-state index is 11.8. The zero-order valence-corrected chi connectivity index (χ0v) is 11.6. The highest BCUT2D eigenvalue weighted by atomic mass is 16.5. The zero-order valence-electron chi connectivity index (χ0n) is 11.6. The fourth-order valence-corrected chi connectivity index (χ4v) is 2.67. The van der Waals surface area contributed by atoms with Crippen LogP contribution in [0.5, 0.6) is 0 Å². The lowest BCUT2D eigenvalue weighted by molar-refractivity contribution is 0.0872. The van der Waals surface area contributed by atoms with Crippen molar-refractivity contribution in [2.75, 3.05) is 13.2 Å². The zero-order chi connectivity index (χ0) is 14.4. The maximum Gasteiger partial charge on any atom is 0.418 e. The molecule has 1 heterocycles. The molecule has 1 aliphatic rings. The summed E-state index contributed by atoms with van der Waals surface area (Å²) >= 11 is 0. The average Bonchev–Trinajstić information content (AvgIpc) is 2.46. The van der Waals surface area contributed by atoms with E-state index in [1.54, 1.807) is 12.1 Å². The molecule has 0 aliphatic heterocycles. The third-order valence-corrected chi connectivity index (χ3v) is 3.83. The summed E-state index contributed by atoms with van der Waals surface area (Å²) < 4.78 is 6.34. The van der Waals surface area contributed by atoms with Gasteiger partial charge < -0.3 is 9.84 Å². The molecule has 1 fully saturated rings. The topological polar surface area (TPSA) is 68.5 Å². The number of carboxylic acid groups (broad SMARTS) is 1. The third kappa shape index (κ3) is 3.93. The second kappa shape index (κ2) is 7.24. The Labute approximate surface area is 118 Å². The Hall–Kier alpha value is -1.62. The van der Waals surface area contributed by atoms with Crippen molar-refractivity contribution in [1.82, 2.24) is 4.57 Å². The molecular weight excluding hydrogens is 258 g/mol. The predicted molar refractivity (Wildman–Crippen MR) is 75.2 cm³/mol. The van der Waals surface area contributed by atoms with Crippen LogP contribution < -0.4 is 5.56 Å². The minimum atomic E-state index is -1.25. The van der Waals surface area contributed by atoms with Crippen LogP contribution in [0.25, 0.3) is 0 Å². The first-order valence-electron chi connectivity index (χ1n) is 7.20. The molecule has 20 heavy (non-hydrogen) atoms. The number of aromatic nitrogens is 1. The highest BCUT2D eigenvalue weighted by Gasteiger charge is 2.13. The molecule has 5 heteroatoms. The lowest BCUT2D eigenvalue weighted by Gasteiger charge is -2.21. The van der Waals surface area contributed by atoms with Crippen LogP contribution in [0.1, 0.15) is 37.7 Å². The Morgan fingerprint density at radius 1 is 1.35 bits per heavy atom. The van der Waals surface area contributed by atoms with Gasteiger partial charge in [0.15, 0.2) is 0 Å². The minimum absolute atomic E-state index is 0.458. The average molecular weight is 279 g/mol. The number of nitrogens with zero attached hydrogens (tertiary/aromatic N) is 1. The quantitative estimate of drug-likeness (QED) is 0.841. The predicted octanol–water partition coefficient (Wildman–Crippen LogP) is 2.51. The fraction of sp³-hybridized carbons (Fsp3) is 0.600. The van der Waals surface area contributed by atoms with Gasteiger partial charge in [-0.05, 0) is 24.8 Å². The van der Waals surface area contributed by atoms with Crippen molar-refractivity contribution < 1.29 is 14.6 Å². The van der Waals surface area contributed by atoms with Crippen LogP contribution in [-0.4, -0.2) is 29.0 Å². The molecule has 1 saturated carbocycles.